The van der Waals surface area contributed by atoms with E-state index in [4.69, 9.17) is 10.5 Å². The lowest BCUT2D eigenvalue weighted by Gasteiger charge is -2.33. The molecule has 0 spiro atoms. The number of carbonyl (C=O) groups is 4. The quantitative estimate of drug-likeness (QED) is 0.184. The van der Waals surface area contributed by atoms with Crippen molar-refractivity contribution in [2.45, 2.75) is 70.5 Å². The van der Waals surface area contributed by atoms with Crippen molar-refractivity contribution in [2.75, 3.05) is 6.54 Å². The van der Waals surface area contributed by atoms with Gasteiger partial charge in [0.05, 0.1) is 25.1 Å². The van der Waals surface area contributed by atoms with Gasteiger partial charge >= 0.3 is 12.1 Å². The fourth-order valence-corrected chi connectivity index (χ4v) is 4.43. The Morgan fingerprint density at radius 2 is 1.49 bits per heavy atom. The average Bonchev–Trinajstić information content (AvgIpc) is 2.99. The van der Waals surface area contributed by atoms with Crippen molar-refractivity contribution < 1.29 is 29.0 Å². The van der Waals surface area contributed by atoms with Gasteiger partial charge in [-0.2, -0.15) is 0 Å². The van der Waals surface area contributed by atoms with Gasteiger partial charge in [-0.15, -0.1) is 0 Å². The lowest BCUT2D eigenvalue weighted by atomic mass is 9.99. The molecule has 1 aromatic heterocycles. The molecule has 12 heteroatoms. The number of hydrogen-bond acceptors (Lipinski definition) is 7. The maximum atomic E-state index is 13.5. The van der Waals surface area contributed by atoms with Crippen molar-refractivity contribution in [3.8, 4) is 0 Å². The Balaban J connectivity index is 1.79. The monoisotopic (exact) mass is 618 g/mol. The molecular weight excluding hydrogens is 576 g/mol. The predicted molar refractivity (Wildman–Crippen MR) is 168 cm³/mol. The minimum atomic E-state index is -1.37. The molecule has 240 valence electrons. The van der Waals surface area contributed by atoms with E-state index >= 15 is 0 Å². The summed E-state index contributed by atoms with van der Waals surface area (Å²) in [5, 5.41) is 19.6. The van der Waals surface area contributed by atoms with E-state index in [1.165, 1.54) is 4.90 Å². The lowest BCUT2D eigenvalue weighted by molar-refractivity contribution is -0.128. The summed E-state index contributed by atoms with van der Waals surface area (Å²) in [6.07, 6.45) is 0.757. The van der Waals surface area contributed by atoms with Crippen LogP contribution in [-0.2, 0) is 33.9 Å². The molecule has 0 aliphatic heterocycles. The van der Waals surface area contributed by atoms with Crippen molar-refractivity contribution in [1.82, 2.24) is 25.8 Å². The molecule has 3 aromatic rings. The first-order valence-electron chi connectivity index (χ1n) is 14.6. The number of carbonyl (C=O) groups excluding carboxylic acids is 4. The molecule has 1 heterocycles. The number of hydrogen-bond donors (Lipinski definition) is 5. The predicted octanol–water partition coefficient (Wildman–Crippen LogP) is 2.65. The molecule has 12 nitrogen and oxygen atoms in total. The Morgan fingerprint density at radius 3 is 2.07 bits per heavy atom. The second-order valence-electron chi connectivity index (χ2n) is 11.7. The summed E-state index contributed by atoms with van der Waals surface area (Å²) in [5.74, 6) is -1.56. The molecule has 3 rings (SSSR count). The Hall–Kier alpha value is -4.97. The van der Waals surface area contributed by atoms with Crippen LogP contribution in [0.1, 0.15) is 43.9 Å². The zero-order valence-electron chi connectivity index (χ0n) is 25.8. The number of urea groups is 1. The molecule has 0 radical (unpaired) electrons. The van der Waals surface area contributed by atoms with Crippen molar-refractivity contribution >= 4 is 23.9 Å². The Bertz CT molecular complexity index is 1390. The van der Waals surface area contributed by atoms with E-state index in [2.05, 4.69) is 20.9 Å². The number of alkyl carbamates (subject to hydrolysis) is 1. The number of rotatable bonds is 14. The Labute approximate surface area is 263 Å². The number of aliphatic hydroxyl groups excluding tert-OH is 1. The number of amides is 5. The first-order chi connectivity index (χ1) is 21.4. The highest BCUT2D eigenvalue weighted by Gasteiger charge is 2.31. The standard InChI is InChI=1S/C33H42N6O6/c1-33(2,3)38-31(43)39(20-24-14-16-35-17-15-24)21-28(40)26(18-23-10-6-4-7-11-23)36-30(42)27(19-29(34)41)37-32(44)45-22-25-12-8-5-9-13-25/h4-17,26-28,40H,18-22H2,1-3H3,(H2,34,41)(H,36,42)(H,37,44)(H,38,43)/t26-,27-,28?/m0/s1. The molecule has 3 atom stereocenters. The van der Waals surface area contributed by atoms with Gasteiger partial charge in [0.1, 0.15) is 12.6 Å². The third-order valence-electron chi connectivity index (χ3n) is 6.62. The van der Waals surface area contributed by atoms with Gasteiger partial charge in [0, 0.05) is 24.5 Å². The molecule has 0 saturated heterocycles. The van der Waals surface area contributed by atoms with Crippen LogP contribution in [0.5, 0.6) is 0 Å². The fourth-order valence-electron chi connectivity index (χ4n) is 4.43. The van der Waals surface area contributed by atoms with E-state index in [1.807, 2.05) is 57.2 Å². The van der Waals surface area contributed by atoms with E-state index in [1.54, 1.807) is 48.8 Å². The van der Waals surface area contributed by atoms with E-state index in [-0.39, 0.29) is 26.1 Å². The summed E-state index contributed by atoms with van der Waals surface area (Å²) < 4.78 is 5.23. The highest BCUT2D eigenvalue weighted by Crippen LogP contribution is 2.13. The second kappa shape index (κ2) is 16.8. The molecule has 0 saturated carbocycles. The maximum Gasteiger partial charge on any atom is 0.408 e. The molecule has 5 amide bonds. The molecule has 0 fully saturated rings. The molecule has 0 aliphatic carbocycles. The zero-order chi connectivity index (χ0) is 32.8. The van der Waals surface area contributed by atoms with Gasteiger partial charge in [-0.3, -0.25) is 14.6 Å². The van der Waals surface area contributed by atoms with E-state index < -0.39 is 54.1 Å². The Morgan fingerprint density at radius 1 is 0.889 bits per heavy atom. The van der Waals surface area contributed by atoms with Gasteiger partial charge < -0.3 is 36.4 Å². The number of nitrogens with one attached hydrogen (secondary N) is 3. The number of nitrogens with zero attached hydrogens (tertiary/aromatic N) is 2. The van der Waals surface area contributed by atoms with Crippen LogP contribution in [0.3, 0.4) is 0 Å². The van der Waals surface area contributed by atoms with Gasteiger partial charge in [0.15, 0.2) is 0 Å². The molecule has 6 N–H and O–H groups in total. The molecular formula is C33H42N6O6. The minimum Gasteiger partial charge on any atom is -0.445 e. The molecule has 2 aromatic carbocycles. The topological polar surface area (TPSA) is 176 Å². The van der Waals surface area contributed by atoms with Crippen molar-refractivity contribution in [3.05, 3.63) is 102 Å². The minimum absolute atomic E-state index is 0.0448. The number of aromatic nitrogens is 1. The van der Waals surface area contributed by atoms with Crippen LogP contribution >= 0.6 is 0 Å². The van der Waals surface area contributed by atoms with Gasteiger partial charge in [-0.05, 0) is 56.0 Å². The lowest BCUT2D eigenvalue weighted by Crippen LogP contribution is -2.57. The van der Waals surface area contributed by atoms with Gasteiger partial charge in [-0.25, -0.2) is 9.59 Å². The van der Waals surface area contributed by atoms with Crippen molar-refractivity contribution in [2.24, 2.45) is 5.73 Å². The largest absolute Gasteiger partial charge is 0.445 e. The third-order valence-corrected chi connectivity index (χ3v) is 6.62. The highest BCUT2D eigenvalue weighted by molar-refractivity contribution is 5.90. The molecule has 0 bridgehead atoms. The zero-order valence-corrected chi connectivity index (χ0v) is 25.8. The van der Waals surface area contributed by atoms with Crippen LogP contribution < -0.4 is 21.7 Å². The van der Waals surface area contributed by atoms with E-state index in [0.29, 0.717) is 0 Å². The first kappa shape index (κ1) is 34.5. The van der Waals surface area contributed by atoms with Gasteiger partial charge in [0.25, 0.3) is 0 Å². The number of aliphatic hydroxyl groups is 1. The summed E-state index contributed by atoms with van der Waals surface area (Å²) in [6, 6.07) is 19.0. The van der Waals surface area contributed by atoms with Crippen LogP contribution in [0, 0.1) is 0 Å². The summed E-state index contributed by atoms with van der Waals surface area (Å²) in [5.41, 5.74) is 7.19. The summed E-state index contributed by atoms with van der Waals surface area (Å²) in [6.45, 7) is 5.53. The SMILES string of the molecule is CC(C)(C)NC(=O)N(Cc1ccncc1)CC(O)[C@H](Cc1ccccc1)NC(=O)[C@H](CC(N)=O)NC(=O)OCc1ccccc1. The first-order valence-corrected chi connectivity index (χ1v) is 14.6. The Kier molecular flexibility index (Phi) is 12.9. The smallest absolute Gasteiger partial charge is 0.408 e. The maximum absolute atomic E-state index is 13.5. The molecule has 45 heavy (non-hydrogen) atoms. The van der Waals surface area contributed by atoms with Gasteiger partial charge in [-0.1, -0.05) is 60.7 Å². The van der Waals surface area contributed by atoms with E-state index in [0.717, 1.165) is 16.7 Å². The number of pyridine rings is 1. The van der Waals surface area contributed by atoms with Gasteiger partial charge in [0.2, 0.25) is 11.8 Å². The van der Waals surface area contributed by atoms with Crippen LogP contribution in [0.25, 0.3) is 0 Å². The number of primary amides is 1. The van der Waals surface area contributed by atoms with Crippen molar-refractivity contribution in [3.63, 3.8) is 0 Å². The normalized spacial score (nSPS) is 13.1. The average molecular weight is 619 g/mol. The highest BCUT2D eigenvalue weighted by atomic mass is 16.5. The van der Waals surface area contributed by atoms with Crippen LogP contribution in [0.15, 0.2) is 85.2 Å². The number of ether oxygens (including phenoxy) is 1. The molecule has 0 aliphatic rings. The van der Waals surface area contributed by atoms with Crippen LogP contribution in [0.2, 0.25) is 0 Å². The van der Waals surface area contributed by atoms with Crippen LogP contribution in [-0.4, -0.2) is 69.2 Å². The summed E-state index contributed by atoms with van der Waals surface area (Å²) >= 11 is 0. The van der Waals surface area contributed by atoms with Crippen LogP contribution in [0.4, 0.5) is 9.59 Å². The second-order valence-corrected chi connectivity index (χ2v) is 11.7. The third kappa shape index (κ3) is 12.7. The summed E-state index contributed by atoms with van der Waals surface area (Å²) in [7, 11) is 0. The number of benzene rings is 2. The summed E-state index contributed by atoms with van der Waals surface area (Å²) in [4.78, 5) is 56.7. The van der Waals surface area contributed by atoms with Crippen molar-refractivity contribution in [1.29, 1.82) is 0 Å². The van der Waals surface area contributed by atoms with E-state index in [9.17, 15) is 24.3 Å². The molecule has 1 unspecified atom stereocenters. The number of nitrogens with two attached hydrogens (primary N) is 1. The fraction of sp³-hybridized carbons (Fsp3) is 0.364.